The van der Waals surface area contributed by atoms with Crippen LogP contribution in [0.2, 0.25) is 0 Å². The third-order valence-corrected chi connectivity index (χ3v) is 3.58. The van der Waals surface area contributed by atoms with Crippen LogP contribution in [0.4, 0.5) is 0 Å². The smallest absolute Gasteiger partial charge is 0.123 e. The summed E-state index contributed by atoms with van der Waals surface area (Å²) in [6.45, 7) is 6.71. The first kappa shape index (κ1) is 16.5. The average Bonchev–Trinajstić information content (AvgIpc) is 2.50. The molecule has 1 rings (SSSR count). The summed E-state index contributed by atoms with van der Waals surface area (Å²) in [5.74, 6) is 0.828. The number of hydrogen-bond donors (Lipinski definition) is 0. The summed E-state index contributed by atoms with van der Waals surface area (Å²) in [5, 5.41) is 9.03. The molecule has 0 N–H and O–H groups in total. The van der Waals surface area contributed by atoms with E-state index in [-0.39, 0.29) is 0 Å². The van der Waals surface area contributed by atoms with Gasteiger partial charge in [0.15, 0.2) is 0 Å². The van der Waals surface area contributed by atoms with Crippen molar-refractivity contribution in [2.24, 2.45) is 0 Å². The Hall–Kier alpha value is -1.57. The number of ether oxygens (including phenoxy) is 2. The van der Waals surface area contributed by atoms with Gasteiger partial charge >= 0.3 is 0 Å². The molecule has 0 amide bonds. The summed E-state index contributed by atoms with van der Waals surface area (Å²) in [7, 11) is 3.37. The zero-order valence-corrected chi connectivity index (χ0v) is 12.8. The minimum atomic E-state index is 0.459. The highest BCUT2D eigenvalue weighted by Gasteiger charge is 2.15. The SMILES string of the molecule is CCC(C)N(CCOC)Cc1cc(C#N)ccc1OC. The van der Waals surface area contributed by atoms with E-state index in [1.807, 2.05) is 12.1 Å². The predicted octanol–water partition coefficient (Wildman–Crippen LogP) is 2.81. The monoisotopic (exact) mass is 276 g/mol. The Kier molecular flexibility index (Phi) is 7.06. The van der Waals surface area contributed by atoms with Gasteiger partial charge in [0.2, 0.25) is 0 Å². The molecule has 20 heavy (non-hydrogen) atoms. The molecule has 0 heterocycles. The predicted molar refractivity (Wildman–Crippen MR) is 79.7 cm³/mol. The second kappa shape index (κ2) is 8.57. The molecule has 1 atom stereocenters. The van der Waals surface area contributed by atoms with Gasteiger partial charge in [-0.25, -0.2) is 0 Å². The number of rotatable bonds is 8. The van der Waals surface area contributed by atoms with E-state index in [0.717, 1.165) is 30.8 Å². The summed E-state index contributed by atoms with van der Waals surface area (Å²) in [4.78, 5) is 2.35. The summed E-state index contributed by atoms with van der Waals surface area (Å²) in [5.41, 5.74) is 1.71. The van der Waals surface area contributed by atoms with E-state index in [1.165, 1.54) is 0 Å². The first-order valence-electron chi connectivity index (χ1n) is 6.96. The highest BCUT2D eigenvalue weighted by Crippen LogP contribution is 2.22. The van der Waals surface area contributed by atoms with Gasteiger partial charge in [-0.05, 0) is 31.5 Å². The third kappa shape index (κ3) is 4.52. The molecule has 0 bridgehead atoms. The second-order valence-electron chi connectivity index (χ2n) is 4.86. The van der Waals surface area contributed by atoms with Gasteiger partial charge < -0.3 is 9.47 Å². The Labute approximate surface area is 121 Å². The fourth-order valence-corrected chi connectivity index (χ4v) is 2.11. The van der Waals surface area contributed by atoms with Crippen LogP contribution in [-0.4, -0.2) is 38.3 Å². The topological polar surface area (TPSA) is 45.5 Å². The molecular weight excluding hydrogens is 252 g/mol. The molecule has 0 radical (unpaired) electrons. The molecule has 0 saturated heterocycles. The van der Waals surface area contributed by atoms with Crippen molar-refractivity contribution >= 4 is 0 Å². The molecule has 0 fully saturated rings. The summed E-state index contributed by atoms with van der Waals surface area (Å²) >= 11 is 0. The van der Waals surface area contributed by atoms with Gasteiger partial charge in [0.1, 0.15) is 5.75 Å². The van der Waals surface area contributed by atoms with Gasteiger partial charge in [-0.15, -0.1) is 0 Å². The van der Waals surface area contributed by atoms with Crippen LogP contribution in [0.25, 0.3) is 0 Å². The second-order valence-corrected chi connectivity index (χ2v) is 4.86. The van der Waals surface area contributed by atoms with Crippen LogP contribution in [0.3, 0.4) is 0 Å². The van der Waals surface area contributed by atoms with Crippen molar-refractivity contribution in [3.8, 4) is 11.8 Å². The Morgan fingerprint density at radius 1 is 1.35 bits per heavy atom. The van der Waals surface area contributed by atoms with E-state index in [0.29, 0.717) is 18.2 Å². The van der Waals surface area contributed by atoms with Crippen molar-refractivity contribution in [2.45, 2.75) is 32.9 Å². The van der Waals surface area contributed by atoms with E-state index in [9.17, 15) is 0 Å². The van der Waals surface area contributed by atoms with Crippen molar-refractivity contribution in [1.82, 2.24) is 4.90 Å². The van der Waals surface area contributed by atoms with E-state index in [1.54, 1.807) is 20.3 Å². The maximum atomic E-state index is 9.03. The van der Waals surface area contributed by atoms with E-state index >= 15 is 0 Å². The summed E-state index contributed by atoms with van der Waals surface area (Å²) in [6.07, 6.45) is 1.07. The Balaban J connectivity index is 2.93. The first-order chi connectivity index (χ1) is 9.65. The van der Waals surface area contributed by atoms with Crippen LogP contribution in [-0.2, 0) is 11.3 Å². The molecule has 4 nitrogen and oxygen atoms in total. The van der Waals surface area contributed by atoms with Crippen LogP contribution in [0.1, 0.15) is 31.4 Å². The van der Waals surface area contributed by atoms with Crippen molar-refractivity contribution < 1.29 is 9.47 Å². The van der Waals surface area contributed by atoms with E-state index in [2.05, 4.69) is 24.8 Å². The van der Waals surface area contributed by atoms with Crippen LogP contribution < -0.4 is 4.74 Å². The number of nitriles is 1. The first-order valence-corrected chi connectivity index (χ1v) is 6.96. The Morgan fingerprint density at radius 2 is 2.10 bits per heavy atom. The number of benzene rings is 1. The van der Waals surface area contributed by atoms with Gasteiger partial charge in [-0.3, -0.25) is 4.90 Å². The fourth-order valence-electron chi connectivity index (χ4n) is 2.11. The zero-order valence-electron chi connectivity index (χ0n) is 12.8. The number of methoxy groups -OCH3 is 2. The summed E-state index contributed by atoms with van der Waals surface area (Å²) in [6, 6.07) is 8.19. The van der Waals surface area contributed by atoms with Crippen molar-refractivity contribution in [1.29, 1.82) is 5.26 Å². The van der Waals surface area contributed by atoms with Gasteiger partial charge in [-0.2, -0.15) is 5.26 Å². The minimum absolute atomic E-state index is 0.459. The Morgan fingerprint density at radius 3 is 2.65 bits per heavy atom. The van der Waals surface area contributed by atoms with E-state index in [4.69, 9.17) is 14.7 Å². The molecule has 0 aromatic heterocycles. The van der Waals surface area contributed by atoms with Crippen molar-refractivity contribution in [2.75, 3.05) is 27.4 Å². The lowest BCUT2D eigenvalue weighted by Gasteiger charge is -2.28. The molecule has 1 aromatic carbocycles. The molecule has 1 aromatic rings. The highest BCUT2D eigenvalue weighted by atomic mass is 16.5. The Bertz CT molecular complexity index is 454. The standard InChI is InChI=1S/C16H24N2O2/c1-5-13(2)18(8-9-19-3)12-15-10-14(11-17)6-7-16(15)20-4/h6-7,10,13H,5,8-9,12H2,1-4H3. The van der Waals surface area contributed by atoms with Gasteiger partial charge in [-0.1, -0.05) is 6.92 Å². The van der Waals surface area contributed by atoms with Crippen molar-refractivity contribution in [3.63, 3.8) is 0 Å². The molecule has 1 unspecified atom stereocenters. The number of hydrogen-bond acceptors (Lipinski definition) is 4. The molecule has 0 saturated carbocycles. The molecule has 0 spiro atoms. The molecule has 0 aliphatic rings. The average molecular weight is 276 g/mol. The van der Waals surface area contributed by atoms with Crippen LogP contribution in [0, 0.1) is 11.3 Å². The number of nitrogens with zero attached hydrogens (tertiary/aromatic N) is 2. The van der Waals surface area contributed by atoms with Crippen molar-refractivity contribution in [3.05, 3.63) is 29.3 Å². The quantitative estimate of drug-likeness (QED) is 0.732. The van der Waals surface area contributed by atoms with Crippen LogP contribution in [0.15, 0.2) is 18.2 Å². The lowest BCUT2D eigenvalue weighted by molar-refractivity contribution is 0.117. The van der Waals surface area contributed by atoms with Gasteiger partial charge in [0, 0.05) is 31.8 Å². The highest BCUT2D eigenvalue weighted by molar-refractivity contribution is 5.42. The van der Waals surface area contributed by atoms with Crippen LogP contribution in [0.5, 0.6) is 5.75 Å². The third-order valence-electron chi connectivity index (χ3n) is 3.58. The summed E-state index contributed by atoms with van der Waals surface area (Å²) < 4.78 is 10.6. The molecular formula is C16H24N2O2. The van der Waals surface area contributed by atoms with E-state index < -0.39 is 0 Å². The molecule has 0 aliphatic carbocycles. The lowest BCUT2D eigenvalue weighted by Crippen LogP contribution is -2.35. The maximum absolute atomic E-state index is 9.03. The minimum Gasteiger partial charge on any atom is -0.496 e. The largest absolute Gasteiger partial charge is 0.496 e. The van der Waals surface area contributed by atoms with Gasteiger partial charge in [0.25, 0.3) is 0 Å². The molecule has 0 aliphatic heterocycles. The zero-order chi connectivity index (χ0) is 15.0. The van der Waals surface area contributed by atoms with Crippen LogP contribution >= 0.6 is 0 Å². The fraction of sp³-hybridized carbons (Fsp3) is 0.562. The molecule has 4 heteroatoms. The van der Waals surface area contributed by atoms with Gasteiger partial charge in [0.05, 0.1) is 25.3 Å². The normalized spacial score (nSPS) is 12.2. The molecule has 110 valence electrons. The maximum Gasteiger partial charge on any atom is 0.123 e. The lowest BCUT2D eigenvalue weighted by atomic mass is 10.1.